The monoisotopic (exact) mass is 455 g/mol. The number of nitrogens with zero attached hydrogens (tertiary/aromatic N) is 5. The number of benzene rings is 1. The Morgan fingerprint density at radius 2 is 1.79 bits per heavy atom. The SMILES string of the molecule is O=C(c1ccc(OCc2cccnc2)cc1)N1CCN(Cc2cc(=O)n3ccccc3n2)CC1. The van der Waals surface area contributed by atoms with Crippen molar-refractivity contribution in [2.75, 3.05) is 26.2 Å². The van der Waals surface area contributed by atoms with Gasteiger partial charge in [-0.3, -0.25) is 23.9 Å². The summed E-state index contributed by atoms with van der Waals surface area (Å²) in [6.45, 7) is 3.74. The van der Waals surface area contributed by atoms with E-state index in [4.69, 9.17) is 4.74 Å². The Morgan fingerprint density at radius 1 is 0.971 bits per heavy atom. The van der Waals surface area contributed by atoms with Crippen molar-refractivity contribution in [1.29, 1.82) is 0 Å². The summed E-state index contributed by atoms with van der Waals surface area (Å²) in [5.41, 5.74) is 2.95. The number of carbonyl (C=O) groups excluding carboxylic acids is 1. The molecule has 0 atom stereocenters. The van der Waals surface area contributed by atoms with Crippen LogP contribution >= 0.6 is 0 Å². The van der Waals surface area contributed by atoms with Crippen molar-refractivity contribution in [3.8, 4) is 5.75 Å². The van der Waals surface area contributed by atoms with E-state index < -0.39 is 0 Å². The van der Waals surface area contributed by atoms with Gasteiger partial charge in [0.1, 0.15) is 18.0 Å². The van der Waals surface area contributed by atoms with Gasteiger partial charge in [-0.05, 0) is 42.5 Å². The van der Waals surface area contributed by atoms with Gasteiger partial charge in [-0.1, -0.05) is 12.1 Å². The zero-order valence-electron chi connectivity index (χ0n) is 18.7. The van der Waals surface area contributed by atoms with Crippen LogP contribution in [0.15, 0.2) is 84.0 Å². The van der Waals surface area contributed by atoms with Crippen LogP contribution in [0.3, 0.4) is 0 Å². The van der Waals surface area contributed by atoms with Gasteiger partial charge in [-0.2, -0.15) is 0 Å². The molecule has 8 heteroatoms. The van der Waals surface area contributed by atoms with Crippen LogP contribution in [0.25, 0.3) is 5.65 Å². The highest BCUT2D eigenvalue weighted by Gasteiger charge is 2.22. The van der Waals surface area contributed by atoms with Crippen molar-refractivity contribution < 1.29 is 9.53 Å². The Hall–Kier alpha value is -4.04. The van der Waals surface area contributed by atoms with Crippen LogP contribution < -0.4 is 10.3 Å². The molecule has 0 spiro atoms. The highest BCUT2D eigenvalue weighted by atomic mass is 16.5. The lowest BCUT2D eigenvalue weighted by Gasteiger charge is -2.34. The molecular formula is C26H25N5O3. The maximum Gasteiger partial charge on any atom is 0.258 e. The molecule has 5 rings (SSSR count). The molecule has 0 saturated carbocycles. The molecule has 4 heterocycles. The van der Waals surface area contributed by atoms with Crippen LogP contribution in [-0.2, 0) is 13.2 Å². The molecule has 0 radical (unpaired) electrons. The van der Waals surface area contributed by atoms with Crippen LogP contribution in [0.5, 0.6) is 5.75 Å². The second-order valence-electron chi connectivity index (χ2n) is 8.26. The van der Waals surface area contributed by atoms with Crippen molar-refractivity contribution in [2.24, 2.45) is 0 Å². The van der Waals surface area contributed by atoms with Crippen LogP contribution in [0.2, 0.25) is 0 Å². The first-order valence-corrected chi connectivity index (χ1v) is 11.3. The topological polar surface area (TPSA) is 80.0 Å². The number of aromatic nitrogens is 3. The van der Waals surface area contributed by atoms with Crippen molar-refractivity contribution in [1.82, 2.24) is 24.2 Å². The third-order valence-corrected chi connectivity index (χ3v) is 5.90. The molecule has 1 aromatic carbocycles. The minimum Gasteiger partial charge on any atom is -0.489 e. The first-order valence-electron chi connectivity index (χ1n) is 11.3. The minimum atomic E-state index is -0.0812. The van der Waals surface area contributed by atoms with Gasteiger partial charge in [-0.25, -0.2) is 4.98 Å². The molecule has 1 aliphatic rings. The van der Waals surface area contributed by atoms with Crippen LogP contribution in [-0.4, -0.2) is 56.3 Å². The summed E-state index contributed by atoms with van der Waals surface area (Å²) in [7, 11) is 0. The number of piperazine rings is 1. The fourth-order valence-corrected chi connectivity index (χ4v) is 4.05. The average Bonchev–Trinajstić information content (AvgIpc) is 2.88. The molecule has 1 amide bonds. The molecule has 8 nitrogen and oxygen atoms in total. The fraction of sp³-hybridized carbons (Fsp3) is 0.231. The lowest BCUT2D eigenvalue weighted by molar-refractivity contribution is 0.0627. The number of hydrogen-bond donors (Lipinski definition) is 0. The summed E-state index contributed by atoms with van der Waals surface area (Å²) in [5, 5.41) is 0. The predicted octanol–water partition coefficient (Wildman–Crippen LogP) is 2.63. The van der Waals surface area contributed by atoms with E-state index in [1.165, 1.54) is 4.40 Å². The maximum absolute atomic E-state index is 12.9. The van der Waals surface area contributed by atoms with Crippen molar-refractivity contribution >= 4 is 11.6 Å². The Morgan fingerprint density at radius 3 is 2.56 bits per heavy atom. The van der Waals surface area contributed by atoms with E-state index >= 15 is 0 Å². The van der Waals surface area contributed by atoms with E-state index in [1.807, 2.05) is 47.4 Å². The first-order chi connectivity index (χ1) is 16.7. The number of pyridine rings is 2. The summed E-state index contributed by atoms with van der Waals surface area (Å²) in [6.07, 6.45) is 5.22. The minimum absolute atomic E-state index is 0.0144. The molecule has 0 aliphatic carbocycles. The van der Waals surface area contributed by atoms with Crippen LogP contribution in [0, 0.1) is 0 Å². The molecule has 0 N–H and O–H groups in total. The highest BCUT2D eigenvalue weighted by Crippen LogP contribution is 2.17. The van der Waals surface area contributed by atoms with E-state index in [0.717, 1.165) is 24.3 Å². The lowest BCUT2D eigenvalue weighted by atomic mass is 10.1. The quantitative estimate of drug-likeness (QED) is 0.445. The molecule has 0 bridgehead atoms. The number of hydrogen-bond acceptors (Lipinski definition) is 6. The summed E-state index contributed by atoms with van der Waals surface area (Å²) in [5.74, 6) is 0.726. The van der Waals surface area contributed by atoms with Crippen molar-refractivity contribution in [3.63, 3.8) is 0 Å². The van der Waals surface area contributed by atoms with Gasteiger partial charge >= 0.3 is 0 Å². The molecule has 172 valence electrons. The standard InChI is InChI=1S/C26H25N5O3/c32-25-16-22(28-24-5-1-2-11-31(24)25)18-29-12-14-30(15-13-29)26(33)21-6-8-23(9-7-21)34-19-20-4-3-10-27-17-20/h1-11,16-17H,12-15,18-19H2. The Balaban J connectivity index is 1.15. The van der Waals surface area contributed by atoms with E-state index in [-0.39, 0.29) is 11.5 Å². The van der Waals surface area contributed by atoms with Gasteiger partial charge in [-0.15, -0.1) is 0 Å². The van der Waals surface area contributed by atoms with E-state index in [9.17, 15) is 9.59 Å². The first kappa shape index (κ1) is 21.8. The molecule has 4 aromatic rings. The number of carbonyl (C=O) groups is 1. The number of rotatable bonds is 6. The summed E-state index contributed by atoms with van der Waals surface area (Å²) in [4.78, 5) is 38.0. The molecule has 1 aliphatic heterocycles. The summed E-state index contributed by atoms with van der Waals surface area (Å²) in [6, 6.07) is 18.2. The smallest absolute Gasteiger partial charge is 0.258 e. The maximum atomic E-state index is 12.9. The number of amides is 1. The number of fused-ring (bicyclic) bond motifs is 1. The van der Waals surface area contributed by atoms with E-state index in [1.54, 1.807) is 36.8 Å². The number of ether oxygens (including phenoxy) is 1. The normalized spacial score (nSPS) is 14.3. The van der Waals surface area contributed by atoms with Gasteiger partial charge in [0.05, 0.1) is 5.69 Å². The third kappa shape index (κ3) is 4.97. The Labute approximate surface area is 197 Å². The van der Waals surface area contributed by atoms with Crippen molar-refractivity contribution in [3.05, 3.63) is 106 Å². The summed E-state index contributed by atoms with van der Waals surface area (Å²) < 4.78 is 7.31. The van der Waals surface area contributed by atoms with E-state index in [0.29, 0.717) is 43.2 Å². The highest BCUT2D eigenvalue weighted by molar-refractivity contribution is 5.94. The average molecular weight is 456 g/mol. The van der Waals surface area contributed by atoms with Gasteiger partial charge < -0.3 is 9.64 Å². The molecule has 34 heavy (non-hydrogen) atoms. The summed E-state index contributed by atoms with van der Waals surface area (Å²) >= 11 is 0. The van der Waals surface area contributed by atoms with Gasteiger partial charge in [0.25, 0.3) is 11.5 Å². The zero-order chi connectivity index (χ0) is 23.3. The van der Waals surface area contributed by atoms with Gasteiger partial charge in [0, 0.05) is 68.5 Å². The molecule has 1 fully saturated rings. The Bertz CT molecular complexity index is 1330. The largest absolute Gasteiger partial charge is 0.489 e. The molecular weight excluding hydrogens is 430 g/mol. The van der Waals surface area contributed by atoms with Crippen LogP contribution in [0.4, 0.5) is 0 Å². The van der Waals surface area contributed by atoms with Crippen molar-refractivity contribution in [2.45, 2.75) is 13.2 Å². The van der Waals surface area contributed by atoms with Gasteiger partial charge in [0.15, 0.2) is 0 Å². The van der Waals surface area contributed by atoms with Gasteiger partial charge in [0.2, 0.25) is 0 Å². The van der Waals surface area contributed by atoms with Crippen LogP contribution in [0.1, 0.15) is 21.6 Å². The third-order valence-electron chi connectivity index (χ3n) is 5.90. The lowest BCUT2D eigenvalue weighted by Crippen LogP contribution is -2.48. The predicted molar refractivity (Wildman–Crippen MR) is 128 cm³/mol. The second kappa shape index (κ2) is 9.84. The molecule has 0 unspecified atom stereocenters. The fourth-order valence-electron chi connectivity index (χ4n) is 4.05. The second-order valence-corrected chi connectivity index (χ2v) is 8.26. The molecule has 3 aromatic heterocycles. The van der Waals surface area contributed by atoms with E-state index in [2.05, 4.69) is 14.9 Å². The molecule has 1 saturated heterocycles. The zero-order valence-corrected chi connectivity index (χ0v) is 18.7. The Kier molecular flexibility index (Phi) is 6.31.